The summed E-state index contributed by atoms with van der Waals surface area (Å²) in [5.74, 6) is -7.14. The molecular weight excluding hydrogens is 648 g/mol. The highest BCUT2D eigenvalue weighted by Gasteiger charge is 2.62. The fourth-order valence-corrected chi connectivity index (χ4v) is 4.89. The molecule has 4 N–H and O–H groups in total. The number of carbonyl (C=O) groups is 5. The fourth-order valence-electron chi connectivity index (χ4n) is 4.89. The molecule has 9 unspecified atom stereocenters. The first-order chi connectivity index (χ1) is 22.6. The minimum Gasteiger partial charge on any atom is -0.504 e. The molecule has 266 valence electrons. The molecule has 0 saturated carbocycles. The Hall–Kier alpha value is -4.33. The molecular formula is C30H38O18. The lowest BCUT2D eigenvalue weighted by Gasteiger charge is -2.45. The van der Waals surface area contributed by atoms with Crippen molar-refractivity contribution in [3.05, 3.63) is 29.8 Å². The zero-order valence-electron chi connectivity index (χ0n) is 26.6. The van der Waals surface area contributed by atoms with Crippen LogP contribution in [-0.4, -0.2) is 132 Å². The molecule has 1 aromatic carbocycles. The highest BCUT2D eigenvalue weighted by molar-refractivity contribution is 5.87. The zero-order valence-corrected chi connectivity index (χ0v) is 26.6. The molecule has 0 radical (unpaired) electrons. The number of methoxy groups -OCH3 is 1. The average molecular weight is 687 g/mol. The van der Waals surface area contributed by atoms with Gasteiger partial charge in [-0.1, -0.05) is 6.07 Å². The van der Waals surface area contributed by atoms with Crippen LogP contribution in [0.5, 0.6) is 11.5 Å². The van der Waals surface area contributed by atoms with E-state index in [0.717, 1.165) is 33.8 Å². The van der Waals surface area contributed by atoms with E-state index in [4.69, 9.17) is 42.6 Å². The van der Waals surface area contributed by atoms with Crippen LogP contribution in [-0.2, 0) is 61.9 Å². The number of benzene rings is 1. The van der Waals surface area contributed by atoms with Crippen LogP contribution in [0.4, 0.5) is 0 Å². The SMILES string of the molecule is COc1cc(C=CC(=O)OC2C(O)C(CO)OC2(COC(C)=O)OC2OC(COC(C)=O)C(O)C(OC(C)=O)C2OC(C)=O)ccc1O. The number of aliphatic hydroxyl groups is 3. The fraction of sp³-hybridized carbons (Fsp3) is 0.567. The predicted octanol–water partition coefficient (Wildman–Crippen LogP) is -1.13. The number of phenolic OH excluding ortho intramolecular Hbond substituents is 1. The number of esters is 5. The molecule has 18 nitrogen and oxygen atoms in total. The standard InChI is InChI=1S/C30H38O18/c1-14(32)41-12-22-24(38)26(43-16(3)34)27(44-17(4)35)29(45-22)48-30(13-42-15(2)33)28(25(39)21(11-31)47-30)46-23(37)9-7-18-6-8-19(36)20(10-18)40-5/h6-10,21-22,24-29,31,36,38-39H,11-13H2,1-5H3. The summed E-state index contributed by atoms with van der Waals surface area (Å²) in [5, 5.41) is 41.8. The van der Waals surface area contributed by atoms with Crippen molar-refractivity contribution in [1.29, 1.82) is 0 Å². The van der Waals surface area contributed by atoms with Gasteiger partial charge in [-0.15, -0.1) is 0 Å². The van der Waals surface area contributed by atoms with Crippen molar-refractivity contribution in [2.75, 3.05) is 26.9 Å². The summed E-state index contributed by atoms with van der Waals surface area (Å²) >= 11 is 0. The lowest BCUT2D eigenvalue weighted by Crippen LogP contribution is -2.65. The van der Waals surface area contributed by atoms with Crippen molar-refractivity contribution in [1.82, 2.24) is 0 Å². The van der Waals surface area contributed by atoms with Crippen LogP contribution >= 0.6 is 0 Å². The summed E-state index contributed by atoms with van der Waals surface area (Å²) in [4.78, 5) is 60.6. The van der Waals surface area contributed by atoms with E-state index < -0.39 is 104 Å². The zero-order chi connectivity index (χ0) is 35.8. The number of aromatic hydroxyl groups is 1. The normalized spacial score (nSPS) is 29.9. The smallest absolute Gasteiger partial charge is 0.331 e. The summed E-state index contributed by atoms with van der Waals surface area (Å²) in [6, 6.07) is 4.19. The maximum Gasteiger partial charge on any atom is 0.331 e. The van der Waals surface area contributed by atoms with E-state index in [1.807, 2.05) is 0 Å². The maximum atomic E-state index is 13.1. The van der Waals surface area contributed by atoms with Crippen LogP contribution in [0.3, 0.4) is 0 Å². The highest BCUT2D eigenvalue weighted by Crippen LogP contribution is 2.40. The van der Waals surface area contributed by atoms with Crippen LogP contribution < -0.4 is 4.74 Å². The van der Waals surface area contributed by atoms with E-state index in [0.29, 0.717) is 5.56 Å². The van der Waals surface area contributed by atoms with Gasteiger partial charge < -0.3 is 63.1 Å². The van der Waals surface area contributed by atoms with Gasteiger partial charge in [0, 0.05) is 33.8 Å². The first-order valence-corrected chi connectivity index (χ1v) is 14.5. The lowest BCUT2D eigenvalue weighted by molar-refractivity contribution is -0.384. The van der Waals surface area contributed by atoms with Crippen LogP contribution in [0.25, 0.3) is 6.08 Å². The van der Waals surface area contributed by atoms with Gasteiger partial charge in [0.1, 0.15) is 37.6 Å². The van der Waals surface area contributed by atoms with Crippen molar-refractivity contribution >= 4 is 35.9 Å². The first-order valence-electron chi connectivity index (χ1n) is 14.5. The van der Waals surface area contributed by atoms with Crippen molar-refractivity contribution < 1.29 is 87.0 Å². The molecule has 2 saturated heterocycles. The average Bonchev–Trinajstić information content (AvgIpc) is 3.27. The summed E-state index contributed by atoms with van der Waals surface area (Å²) < 4.78 is 48.8. The van der Waals surface area contributed by atoms with Crippen LogP contribution in [0.1, 0.15) is 33.3 Å². The van der Waals surface area contributed by atoms with Gasteiger partial charge in [-0.2, -0.15) is 0 Å². The molecule has 3 rings (SSSR count). The highest BCUT2D eigenvalue weighted by atomic mass is 16.8. The Balaban J connectivity index is 2.04. The van der Waals surface area contributed by atoms with Gasteiger partial charge in [-0.3, -0.25) is 19.2 Å². The molecule has 9 atom stereocenters. The second kappa shape index (κ2) is 16.7. The van der Waals surface area contributed by atoms with Gasteiger partial charge in [0.25, 0.3) is 0 Å². The Bertz CT molecular complexity index is 1360. The Morgan fingerprint density at radius 2 is 1.52 bits per heavy atom. The van der Waals surface area contributed by atoms with E-state index in [2.05, 4.69) is 0 Å². The van der Waals surface area contributed by atoms with Crippen molar-refractivity contribution in [3.8, 4) is 11.5 Å². The van der Waals surface area contributed by atoms with Crippen LogP contribution in [0.2, 0.25) is 0 Å². The van der Waals surface area contributed by atoms with Gasteiger partial charge >= 0.3 is 29.8 Å². The van der Waals surface area contributed by atoms with Gasteiger partial charge in [-0.25, -0.2) is 4.79 Å². The number of hydrogen-bond donors (Lipinski definition) is 4. The Morgan fingerprint density at radius 1 is 0.875 bits per heavy atom. The largest absolute Gasteiger partial charge is 0.504 e. The van der Waals surface area contributed by atoms with E-state index in [-0.39, 0.29) is 11.5 Å². The molecule has 2 aliphatic heterocycles. The number of carbonyl (C=O) groups excluding carboxylic acids is 5. The van der Waals surface area contributed by atoms with E-state index >= 15 is 0 Å². The lowest BCUT2D eigenvalue weighted by atomic mass is 9.98. The number of hydrogen-bond acceptors (Lipinski definition) is 18. The number of rotatable bonds is 13. The second-order valence-electron chi connectivity index (χ2n) is 10.6. The number of ether oxygens (including phenoxy) is 9. The molecule has 0 amide bonds. The van der Waals surface area contributed by atoms with E-state index in [9.17, 15) is 44.4 Å². The monoisotopic (exact) mass is 686 g/mol. The molecule has 0 aliphatic carbocycles. The molecule has 2 fully saturated rings. The molecule has 48 heavy (non-hydrogen) atoms. The summed E-state index contributed by atoms with van der Waals surface area (Å²) in [7, 11) is 1.33. The molecule has 2 aliphatic rings. The summed E-state index contributed by atoms with van der Waals surface area (Å²) in [6.07, 6.45) is -11.6. The van der Waals surface area contributed by atoms with Crippen molar-refractivity contribution in [2.45, 2.75) is 82.5 Å². The quantitative estimate of drug-likeness (QED) is 0.109. The molecule has 0 bridgehead atoms. The van der Waals surface area contributed by atoms with Crippen molar-refractivity contribution in [3.63, 3.8) is 0 Å². The van der Waals surface area contributed by atoms with E-state index in [1.54, 1.807) is 0 Å². The van der Waals surface area contributed by atoms with Crippen molar-refractivity contribution in [2.24, 2.45) is 0 Å². The minimum absolute atomic E-state index is 0.115. The van der Waals surface area contributed by atoms with Crippen LogP contribution in [0.15, 0.2) is 24.3 Å². The molecule has 0 aromatic heterocycles. The maximum absolute atomic E-state index is 13.1. The number of phenols is 1. The van der Waals surface area contributed by atoms with Gasteiger partial charge in [-0.05, 0) is 23.8 Å². The number of aliphatic hydroxyl groups excluding tert-OH is 3. The van der Waals surface area contributed by atoms with Gasteiger partial charge in [0.15, 0.2) is 29.8 Å². The van der Waals surface area contributed by atoms with Gasteiger partial charge in [0.2, 0.25) is 12.1 Å². The molecule has 1 aromatic rings. The Labute approximate surface area is 273 Å². The third kappa shape index (κ3) is 9.61. The Morgan fingerprint density at radius 3 is 2.10 bits per heavy atom. The third-order valence-electron chi connectivity index (χ3n) is 6.98. The third-order valence-corrected chi connectivity index (χ3v) is 6.98. The van der Waals surface area contributed by atoms with E-state index in [1.165, 1.54) is 31.4 Å². The molecule has 2 heterocycles. The molecule has 18 heteroatoms. The topological polar surface area (TPSA) is 249 Å². The van der Waals surface area contributed by atoms with Crippen LogP contribution in [0, 0.1) is 0 Å². The molecule has 0 spiro atoms. The van der Waals surface area contributed by atoms with Gasteiger partial charge in [0.05, 0.1) is 13.7 Å². The first kappa shape index (κ1) is 38.1. The summed E-state index contributed by atoms with van der Waals surface area (Å²) in [6.45, 7) is 1.74. The predicted molar refractivity (Wildman–Crippen MR) is 154 cm³/mol. The minimum atomic E-state index is -2.50. The summed E-state index contributed by atoms with van der Waals surface area (Å²) in [5.41, 5.74) is 0.397. The second-order valence-corrected chi connectivity index (χ2v) is 10.6. The Kier molecular flexibility index (Phi) is 13.2.